The second-order valence-electron chi connectivity index (χ2n) is 19.7. The minimum Gasteiger partial charge on any atom is -0.394 e. The van der Waals surface area contributed by atoms with E-state index in [-0.39, 0.29) is 12.5 Å². The van der Waals surface area contributed by atoms with Crippen LogP contribution in [0.3, 0.4) is 0 Å². The first-order valence-electron chi connectivity index (χ1n) is 29.0. The fraction of sp³-hybridized carbons (Fsp3) is 0.726. The molecule has 7 atom stereocenters. The summed E-state index contributed by atoms with van der Waals surface area (Å²) in [4.78, 5) is 13.0. The molecule has 0 bridgehead atoms. The maximum atomic E-state index is 13.0. The molecule has 71 heavy (non-hydrogen) atoms. The summed E-state index contributed by atoms with van der Waals surface area (Å²) >= 11 is 0. The zero-order valence-corrected chi connectivity index (χ0v) is 45.2. The number of amides is 1. The minimum atomic E-state index is -1.58. The molecule has 0 radical (unpaired) electrons. The molecule has 1 heterocycles. The Labute approximate surface area is 434 Å². The molecule has 0 aromatic heterocycles. The number of aliphatic hydroxyl groups is 5. The number of ether oxygens (including phenoxy) is 2. The lowest BCUT2D eigenvalue weighted by molar-refractivity contribution is -0.302. The van der Waals surface area contributed by atoms with Crippen LogP contribution in [0.1, 0.15) is 232 Å². The van der Waals surface area contributed by atoms with Crippen LogP contribution in [0.25, 0.3) is 0 Å². The van der Waals surface area contributed by atoms with E-state index < -0.39 is 49.5 Å². The van der Waals surface area contributed by atoms with Crippen molar-refractivity contribution in [1.29, 1.82) is 0 Å². The summed E-state index contributed by atoms with van der Waals surface area (Å²) in [6.07, 6.45) is 66.3. The van der Waals surface area contributed by atoms with E-state index >= 15 is 0 Å². The van der Waals surface area contributed by atoms with Crippen molar-refractivity contribution < 1.29 is 39.8 Å². The normalized spacial score (nSPS) is 20.0. The monoisotopic (exact) mass is 994 g/mol. The molecule has 0 aromatic carbocycles. The molecule has 0 aliphatic carbocycles. The average molecular weight is 995 g/mol. The van der Waals surface area contributed by atoms with E-state index in [1.54, 1.807) is 6.08 Å². The molecule has 0 saturated carbocycles. The summed E-state index contributed by atoms with van der Waals surface area (Å²) in [5.74, 6) is -0.193. The van der Waals surface area contributed by atoms with Crippen molar-refractivity contribution in [3.8, 4) is 0 Å². The Morgan fingerprint density at radius 1 is 0.493 bits per heavy atom. The third-order valence-corrected chi connectivity index (χ3v) is 13.1. The van der Waals surface area contributed by atoms with Gasteiger partial charge < -0.3 is 40.3 Å². The Hall–Kier alpha value is -2.89. The van der Waals surface area contributed by atoms with Crippen LogP contribution >= 0.6 is 0 Å². The zero-order chi connectivity index (χ0) is 51.5. The quantitative estimate of drug-likeness (QED) is 0.0261. The van der Waals surface area contributed by atoms with Gasteiger partial charge in [-0.3, -0.25) is 4.79 Å². The number of carbonyl (C=O) groups is 1. The SMILES string of the molecule is CC/C=C\C/C=C\C/C=C\C/C=C\C/C=C\CCCCCCCCCCCCCCCCCCCCCC(=O)NC(COC1OC(CO)C(O)C(O)C1O)C(O)/C=C/CC/C=C/CC/C=C/CCCCC. The predicted molar refractivity (Wildman–Crippen MR) is 299 cm³/mol. The Balaban J connectivity index is 2.12. The molecular weight excluding hydrogens is 887 g/mol. The molecule has 1 amide bonds. The Bertz CT molecular complexity index is 1430. The fourth-order valence-corrected chi connectivity index (χ4v) is 8.57. The number of carbonyl (C=O) groups excluding carboxylic acids is 1. The van der Waals surface area contributed by atoms with Gasteiger partial charge in [-0.15, -0.1) is 0 Å². The predicted octanol–water partition coefficient (Wildman–Crippen LogP) is 14.4. The molecule has 7 unspecified atom stereocenters. The lowest BCUT2D eigenvalue weighted by Gasteiger charge is -2.40. The lowest BCUT2D eigenvalue weighted by atomic mass is 9.99. The van der Waals surface area contributed by atoms with E-state index in [2.05, 4.69) is 104 Å². The van der Waals surface area contributed by atoms with Crippen LogP contribution < -0.4 is 5.32 Å². The summed E-state index contributed by atoms with van der Waals surface area (Å²) in [7, 11) is 0. The van der Waals surface area contributed by atoms with Gasteiger partial charge in [0.25, 0.3) is 0 Å². The second-order valence-corrected chi connectivity index (χ2v) is 19.7. The van der Waals surface area contributed by atoms with Crippen LogP contribution in [0.5, 0.6) is 0 Å². The summed E-state index contributed by atoms with van der Waals surface area (Å²) in [6.45, 7) is 3.60. The molecule has 0 spiro atoms. The van der Waals surface area contributed by atoms with E-state index in [1.165, 1.54) is 128 Å². The fourth-order valence-electron chi connectivity index (χ4n) is 8.57. The van der Waals surface area contributed by atoms with Gasteiger partial charge in [-0.2, -0.15) is 0 Å². The first-order valence-corrected chi connectivity index (χ1v) is 29.0. The number of hydrogen-bond donors (Lipinski definition) is 6. The molecule has 1 rings (SSSR count). The number of nitrogens with one attached hydrogen (secondary N) is 1. The molecule has 1 aliphatic heterocycles. The van der Waals surface area contributed by atoms with E-state index in [0.29, 0.717) is 6.42 Å². The molecule has 1 saturated heterocycles. The van der Waals surface area contributed by atoms with Crippen molar-refractivity contribution in [2.75, 3.05) is 13.2 Å². The van der Waals surface area contributed by atoms with Crippen LogP contribution in [-0.4, -0.2) is 87.5 Å². The smallest absolute Gasteiger partial charge is 0.220 e. The molecule has 0 aromatic rings. The molecule has 9 nitrogen and oxygen atoms in total. The van der Waals surface area contributed by atoms with Crippen LogP contribution in [0.4, 0.5) is 0 Å². The summed E-state index contributed by atoms with van der Waals surface area (Å²) < 4.78 is 11.2. The molecule has 1 aliphatic rings. The van der Waals surface area contributed by atoms with Crippen LogP contribution in [0, 0.1) is 0 Å². The number of aliphatic hydroxyl groups excluding tert-OH is 5. The van der Waals surface area contributed by atoms with Gasteiger partial charge in [-0.25, -0.2) is 0 Å². The van der Waals surface area contributed by atoms with E-state index in [1.807, 2.05) is 6.08 Å². The van der Waals surface area contributed by atoms with E-state index in [9.17, 15) is 30.3 Å². The van der Waals surface area contributed by atoms with Gasteiger partial charge in [-0.05, 0) is 89.9 Å². The first-order chi connectivity index (χ1) is 34.8. The largest absolute Gasteiger partial charge is 0.394 e. The van der Waals surface area contributed by atoms with Crippen molar-refractivity contribution in [2.24, 2.45) is 0 Å². The van der Waals surface area contributed by atoms with Gasteiger partial charge in [-0.1, -0.05) is 233 Å². The molecular formula is C62H107NO8. The number of rotatable bonds is 48. The van der Waals surface area contributed by atoms with Crippen LogP contribution in [0.2, 0.25) is 0 Å². The van der Waals surface area contributed by atoms with E-state index in [0.717, 1.165) is 83.5 Å². The van der Waals surface area contributed by atoms with Crippen molar-refractivity contribution in [3.63, 3.8) is 0 Å². The number of hydrogen-bond acceptors (Lipinski definition) is 8. The highest BCUT2D eigenvalue weighted by Crippen LogP contribution is 2.23. The molecule has 408 valence electrons. The Kier molecular flexibility index (Phi) is 47.2. The molecule has 1 fully saturated rings. The Morgan fingerprint density at radius 3 is 1.35 bits per heavy atom. The van der Waals surface area contributed by atoms with Crippen molar-refractivity contribution >= 4 is 5.91 Å². The van der Waals surface area contributed by atoms with Gasteiger partial charge in [0.05, 0.1) is 25.4 Å². The average Bonchev–Trinajstić information content (AvgIpc) is 3.37. The van der Waals surface area contributed by atoms with Crippen LogP contribution in [-0.2, 0) is 14.3 Å². The minimum absolute atomic E-state index is 0.193. The van der Waals surface area contributed by atoms with Gasteiger partial charge in [0.2, 0.25) is 5.91 Å². The first kappa shape index (κ1) is 66.1. The van der Waals surface area contributed by atoms with Gasteiger partial charge in [0, 0.05) is 6.42 Å². The van der Waals surface area contributed by atoms with Crippen LogP contribution in [0.15, 0.2) is 97.2 Å². The summed E-state index contributed by atoms with van der Waals surface area (Å²) in [5, 5.41) is 54.3. The van der Waals surface area contributed by atoms with Crippen molar-refractivity contribution in [3.05, 3.63) is 97.2 Å². The Morgan fingerprint density at radius 2 is 0.887 bits per heavy atom. The van der Waals surface area contributed by atoms with Gasteiger partial charge in [0.1, 0.15) is 24.4 Å². The topological polar surface area (TPSA) is 149 Å². The maximum Gasteiger partial charge on any atom is 0.220 e. The standard InChI is InChI=1S/C62H107NO8/c1-3-5-7-9-11-13-15-17-18-19-20-21-22-23-24-25-26-27-28-29-30-31-32-33-34-35-36-37-38-40-42-44-46-48-50-52-58(66)63-55(54-70-62-61(69)60(68)59(67)57(53-64)71-62)56(65)51-49-47-45-43-41-39-16-14-12-10-8-6-4-2/h5,7,11-14,17-18,20-21,23-24,41,43,49,51,55-57,59-62,64-65,67-69H,3-4,6,8-10,15-16,19,22,25-40,42,44-48,50,52-54H2,1-2H3,(H,63,66)/b7-5-,13-11-,14-12+,18-17-,21-20-,24-23-,43-41+,51-49+. The summed E-state index contributed by atoms with van der Waals surface area (Å²) in [6, 6.07) is -0.831. The highest BCUT2D eigenvalue weighted by atomic mass is 16.7. The highest BCUT2D eigenvalue weighted by molar-refractivity contribution is 5.76. The third-order valence-electron chi connectivity index (χ3n) is 13.1. The maximum absolute atomic E-state index is 13.0. The summed E-state index contributed by atoms with van der Waals surface area (Å²) in [5.41, 5.74) is 0. The molecule has 9 heteroatoms. The number of allylic oxidation sites excluding steroid dienone is 15. The highest BCUT2D eigenvalue weighted by Gasteiger charge is 2.44. The zero-order valence-electron chi connectivity index (χ0n) is 45.2. The van der Waals surface area contributed by atoms with Gasteiger partial charge in [0.15, 0.2) is 6.29 Å². The number of unbranched alkanes of at least 4 members (excludes halogenated alkanes) is 24. The lowest BCUT2D eigenvalue weighted by Crippen LogP contribution is -2.60. The molecule has 6 N–H and O–H groups in total. The van der Waals surface area contributed by atoms with E-state index in [4.69, 9.17) is 9.47 Å². The second kappa shape index (κ2) is 50.6. The van der Waals surface area contributed by atoms with Gasteiger partial charge >= 0.3 is 0 Å². The van der Waals surface area contributed by atoms with Crippen molar-refractivity contribution in [2.45, 2.75) is 275 Å². The third kappa shape index (κ3) is 40.2. The van der Waals surface area contributed by atoms with Crippen molar-refractivity contribution in [1.82, 2.24) is 5.32 Å².